The Morgan fingerprint density at radius 1 is 1.60 bits per heavy atom. The lowest BCUT2D eigenvalue weighted by Gasteiger charge is -2.17. The fraction of sp³-hybridized carbons (Fsp3) is 0.500. The average molecular weight is 294 g/mol. The molecule has 0 aromatic carbocycles. The lowest BCUT2D eigenvalue weighted by atomic mass is 10.4. The van der Waals surface area contributed by atoms with E-state index in [4.69, 9.17) is 5.11 Å². The number of aryl methyl sites for hydroxylation is 1. The van der Waals surface area contributed by atoms with Gasteiger partial charge in [-0.2, -0.15) is 9.61 Å². The molecule has 0 radical (unpaired) electrons. The van der Waals surface area contributed by atoms with E-state index in [1.165, 1.54) is 21.9 Å². The van der Waals surface area contributed by atoms with Crippen LogP contribution in [0, 0.1) is 6.92 Å². The minimum Gasteiger partial charge on any atom is -0.480 e. The Morgan fingerprint density at radius 2 is 2.35 bits per heavy atom. The molecule has 1 fully saturated rings. The first-order chi connectivity index (χ1) is 9.52. The number of carboxylic acids is 1. The van der Waals surface area contributed by atoms with Crippen LogP contribution >= 0.6 is 11.3 Å². The fourth-order valence-electron chi connectivity index (χ4n) is 2.13. The second kappa shape index (κ2) is 4.95. The number of rotatable bonds is 5. The molecule has 8 heteroatoms. The molecule has 1 saturated carbocycles. The molecule has 7 nitrogen and oxygen atoms in total. The van der Waals surface area contributed by atoms with Gasteiger partial charge in [-0.3, -0.25) is 14.5 Å². The zero-order valence-electron chi connectivity index (χ0n) is 10.9. The van der Waals surface area contributed by atoms with Crippen LogP contribution in [0.1, 0.15) is 23.5 Å². The number of nitrogens with zero attached hydrogens (tertiary/aromatic N) is 4. The van der Waals surface area contributed by atoms with Gasteiger partial charge in [0.1, 0.15) is 5.01 Å². The van der Waals surface area contributed by atoms with Crippen LogP contribution in [-0.2, 0) is 11.3 Å². The van der Waals surface area contributed by atoms with Crippen LogP contribution in [0.3, 0.4) is 0 Å². The van der Waals surface area contributed by atoms with E-state index in [9.17, 15) is 9.59 Å². The normalized spacial score (nSPS) is 15.1. The van der Waals surface area contributed by atoms with E-state index in [0.717, 1.165) is 12.8 Å². The predicted molar refractivity (Wildman–Crippen MR) is 72.9 cm³/mol. The highest BCUT2D eigenvalue weighted by atomic mass is 32.1. The molecular formula is C12H14N4O3S. The SMILES string of the molecule is Cc1cc(=O)n2nc(CN(CC(=O)O)C3CC3)sc2n1. The maximum Gasteiger partial charge on any atom is 0.317 e. The molecule has 0 spiro atoms. The molecule has 1 aliphatic carbocycles. The van der Waals surface area contributed by atoms with E-state index in [1.807, 2.05) is 4.90 Å². The van der Waals surface area contributed by atoms with Gasteiger partial charge < -0.3 is 5.11 Å². The molecule has 20 heavy (non-hydrogen) atoms. The first kappa shape index (κ1) is 13.2. The largest absolute Gasteiger partial charge is 0.480 e. The lowest BCUT2D eigenvalue weighted by molar-refractivity contribution is -0.138. The number of carboxylic acid groups (broad SMARTS) is 1. The van der Waals surface area contributed by atoms with Gasteiger partial charge >= 0.3 is 5.97 Å². The van der Waals surface area contributed by atoms with Crippen molar-refractivity contribution in [2.75, 3.05) is 6.54 Å². The molecule has 0 amide bonds. The highest BCUT2D eigenvalue weighted by molar-refractivity contribution is 7.16. The minimum atomic E-state index is -0.843. The van der Waals surface area contributed by atoms with E-state index in [0.29, 0.717) is 28.2 Å². The highest BCUT2D eigenvalue weighted by Gasteiger charge is 2.31. The molecule has 2 heterocycles. The van der Waals surface area contributed by atoms with Crippen LogP contribution in [0.5, 0.6) is 0 Å². The highest BCUT2D eigenvalue weighted by Crippen LogP contribution is 2.28. The summed E-state index contributed by atoms with van der Waals surface area (Å²) in [4.78, 5) is 29.4. The Morgan fingerprint density at radius 3 is 3.00 bits per heavy atom. The molecule has 0 unspecified atom stereocenters. The van der Waals surface area contributed by atoms with Crippen LogP contribution < -0.4 is 5.56 Å². The summed E-state index contributed by atoms with van der Waals surface area (Å²) in [6.45, 7) is 2.22. The number of carbonyl (C=O) groups is 1. The van der Waals surface area contributed by atoms with E-state index in [2.05, 4.69) is 10.1 Å². The van der Waals surface area contributed by atoms with Gasteiger partial charge in [0.05, 0.1) is 13.1 Å². The number of hydrogen-bond acceptors (Lipinski definition) is 6. The maximum absolute atomic E-state index is 11.8. The predicted octanol–water partition coefficient (Wildman–Crippen LogP) is 0.508. The van der Waals surface area contributed by atoms with Crippen LogP contribution in [0.2, 0.25) is 0 Å². The van der Waals surface area contributed by atoms with Crippen LogP contribution in [0.15, 0.2) is 10.9 Å². The molecule has 1 N–H and O–H groups in total. The first-order valence-corrected chi connectivity index (χ1v) is 7.17. The summed E-state index contributed by atoms with van der Waals surface area (Å²) in [6, 6.07) is 1.76. The molecule has 0 saturated heterocycles. The number of aromatic nitrogens is 3. The summed E-state index contributed by atoms with van der Waals surface area (Å²) >= 11 is 1.33. The Hall–Kier alpha value is -1.80. The molecule has 1 aliphatic rings. The van der Waals surface area contributed by atoms with Gasteiger partial charge in [-0.15, -0.1) is 0 Å². The Kier molecular flexibility index (Phi) is 3.27. The molecule has 0 bridgehead atoms. The quantitative estimate of drug-likeness (QED) is 0.864. The van der Waals surface area contributed by atoms with Crippen molar-refractivity contribution in [3.05, 3.63) is 27.1 Å². The minimum absolute atomic E-state index is 0.00193. The second-order valence-corrected chi connectivity index (χ2v) is 6.00. The molecule has 2 aromatic rings. The van der Waals surface area contributed by atoms with Gasteiger partial charge in [0.2, 0.25) is 4.96 Å². The van der Waals surface area contributed by atoms with Crippen molar-refractivity contribution >= 4 is 22.3 Å². The molecule has 0 atom stereocenters. The average Bonchev–Trinajstić information content (AvgIpc) is 3.10. The summed E-state index contributed by atoms with van der Waals surface area (Å²) in [7, 11) is 0. The van der Waals surface area contributed by atoms with Crippen molar-refractivity contribution in [1.82, 2.24) is 19.5 Å². The van der Waals surface area contributed by atoms with Gasteiger partial charge in [0.15, 0.2) is 0 Å². The van der Waals surface area contributed by atoms with Crippen LogP contribution in [-0.4, -0.2) is 43.2 Å². The number of aliphatic carboxylic acids is 1. The maximum atomic E-state index is 11.8. The van der Waals surface area contributed by atoms with Crippen molar-refractivity contribution in [3.63, 3.8) is 0 Å². The fourth-order valence-corrected chi connectivity index (χ4v) is 3.10. The van der Waals surface area contributed by atoms with Gasteiger partial charge in [-0.1, -0.05) is 11.3 Å². The number of hydrogen-bond donors (Lipinski definition) is 1. The smallest absolute Gasteiger partial charge is 0.317 e. The van der Waals surface area contributed by atoms with Gasteiger partial charge in [-0.25, -0.2) is 4.98 Å². The van der Waals surface area contributed by atoms with Crippen molar-refractivity contribution in [1.29, 1.82) is 0 Å². The van der Waals surface area contributed by atoms with E-state index >= 15 is 0 Å². The van der Waals surface area contributed by atoms with E-state index in [1.54, 1.807) is 6.92 Å². The van der Waals surface area contributed by atoms with Crippen LogP contribution in [0.4, 0.5) is 0 Å². The zero-order valence-corrected chi connectivity index (χ0v) is 11.8. The van der Waals surface area contributed by atoms with Crippen molar-refractivity contribution in [2.45, 2.75) is 32.4 Å². The molecular weight excluding hydrogens is 280 g/mol. The van der Waals surface area contributed by atoms with E-state index in [-0.39, 0.29) is 12.1 Å². The van der Waals surface area contributed by atoms with Gasteiger partial charge in [-0.05, 0) is 19.8 Å². The van der Waals surface area contributed by atoms with Crippen molar-refractivity contribution in [2.24, 2.45) is 0 Å². The summed E-state index contributed by atoms with van der Waals surface area (Å²) in [6.07, 6.45) is 2.05. The Balaban J connectivity index is 1.88. The third kappa shape index (κ3) is 2.70. The number of fused-ring (bicyclic) bond motifs is 1. The van der Waals surface area contributed by atoms with Gasteiger partial charge in [0, 0.05) is 17.8 Å². The van der Waals surface area contributed by atoms with Crippen LogP contribution in [0.25, 0.3) is 4.96 Å². The molecule has 106 valence electrons. The Bertz CT molecular complexity index is 719. The summed E-state index contributed by atoms with van der Waals surface area (Å²) in [5.41, 5.74) is 0.459. The summed E-state index contributed by atoms with van der Waals surface area (Å²) in [5, 5.41) is 13.9. The van der Waals surface area contributed by atoms with Crippen molar-refractivity contribution < 1.29 is 9.90 Å². The monoisotopic (exact) mass is 294 g/mol. The first-order valence-electron chi connectivity index (χ1n) is 6.35. The lowest BCUT2D eigenvalue weighted by Crippen LogP contribution is -2.31. The third-order valence-electron chi connectivity index (χ3n) is 3.15. The summed E-state index contributed by atoms with van der Waals surface area (Å²) < 4.78 is 1.28. The zero-order chi connectivity index (χ0) is 14.3. The molecule has 0 aliphatic heterocycles. The molecule has 3 rings (SSSR count). The van der Waals surface area contributed by atoms with Gasteiger partial charge in [0.25, 0.3) is 5.56 Å². The standard InChI is InChI=1S/C12H14N4O3S/c1-7-4-10(17)16-12(13-7)20-9(14-16)5-15(6-11(18)19)8-2-3-8/h4,8H,2-3,5-6H2,1H3,(H,18,19). The topological polar surface area (TPSA) is 87.8 Å². The Labute approximate surface area is 118 Å². The van der Waals surface area contributed by atoms with E-state index < -0.39 is 5.97 Å². The third-order valence-corrected chi connectivity index (χ3v) is 4.05. The van der Waals surface area contributed by atoms with Crippen molar-refractivity contribution in [3.8, 4) is 0 Å². The second-order valence-electron chi connectivity index (χ2n) is 4.96. The summed E-state index contributed by atoms with van der Waals surface area (Å²) in [5.74, 6) is -0.843. The molecule has 2 aromatic heterocycles.